The fourth-order valence-corrected chi connectivity index (χ4v) is 0.833. The van der Waals surface area contributed by atoms with Crippen LogP contribution in [0.5, 0.6) is 0 Å². The topological polar surface area (TPSA) is 0 Å². The summed E-state index contributed by atoms with van der Waals surface area (Å²) < 4.78 is 0. The molecule has 2 atom stereocenters. The van der Waals surface area contributed by atoms with Crippen molar-refractivity contribution in [3.8, 4) is 0 Å². The van der Waals surface area contributed by atoms with Gasteiger partial charge in [0.2, 0.25) is 0 Å². The molecule has 0 aliphatic heterocycles. The summed E-state index contributed by atoms with van der Waals surface area (Å²) in [6.45, 7) is 2.33. The van der Waals surface area contributed by atoms with Crippen molar-refractivity contribution in [3.05, 3.63) is 0 Å². The molecule has 0 nitrogen and oxygen atoms in total. The Morgan fingerprint density at radius 2 is 2.00 bits per heavy atom. The van der Waals surface area contributed by atoms with Gasteiger partial charge >= 0.3 is 0 Å². The van der Waals surface area contributed by atoms with Gasteiger partial charge in [0, 0.05) is 0 Å². The minimum Gasteiger partial charge on any atom is -0.0672 e. The number of hydrogen-bond acceptors (Lipinski definition) is 0. The summed E-state index contributed by atoms with van der Waals surface area (Å²) >= 11 is 0. The molecular formula is C5H11B. The van der Waals surface area contributed by atoms with Crippen LogP contribution < -0.4 is 0 Å². The van der Waals surface area contributed by atoms with E-state index in [-0.39, 0.29) is 0 Å². The first-order valence-corrected chi connectivity index (χ1v) is 2.80. The lowest BCUT2D eigenvalue weighted by Crippen LogP contribution is -2.16. The van der Waals surface area contributed by atoms with Crippen LogP contribution in [0.25, 0.3) is 0 Å². The predicted octanol–water partition coefficient (Wildman–Crippen LogP) is 0.838. The second-order valence-electron chi connectivity index (χ2n) is 2.53. The van der Waals surface area contributed by atoms with Gasteiger partial charge in [0.05, 0.1) is 0 Å². The summed E-state index contributed by atoms with van der Waals surface area (Å²) in [5.74, 6) is 2.06. The Kier molecular flexibility index (Phi) is 0.907. The minimum atomic E-state index is 1.03. The van der Waals surface area contributed by atoms with Gasteiger partial charge in [-0.2, -0.15) is 0 Å². The van der Waals surface area contributed by atoms with Crippen molar-refractivity contribution in [2.45, 2.75) is 25.6 Å². The second kappa shape index (κ2) is 1.29. The van der Waals surface area contributed by atoms with Gasteiger partial charge in [0.1, 0.15) is 7.85 Å². The molecule has 1 aliphatic rings. The van der Waals surface area contributed by atoms with Gasteiger partial charge in [-0.1, -0.05) is 25.6 Å². The van der Waals surface area contributed by atoms with Crippen LogP contribution in [0.2, 0.25) is 5.82 Å². The van der Waals surface area contributed by atoms with Crippen molar-refractivity contribution in [2.24, 2.45) is 5.92 Å². The van der Waals surface area contributed by atoms with Crippen molar-refractivity contribution in [1.29, 1.82) is 0 Å². The molecule has 0 aromatic rings. The standard InChI is InChI=1S/C5H11B/c1-4-2-3-5(4)6/h4-5H,2-3,6H2,1H3. The molecule has 0 saturated heterocycles. The van der Waals surface area contributed by atoms with Crippen LogP contribution in [0.1, 0.15) is 19.8 Å². The molecule has 2 unspecified atom stereocenters. The monoisotopic (exact) mass is 82.1 g/mol. The summed E-state index contributed by atoms with van der Waals surface area (Å²) in [5, 5.41) is 0. The van der Waals surface area contributed by atoms with E-state index < -0.39 is 0 Å². The first-order chi connectivity index (χ1) is 2.80. The highest BCUT2D eigenvalue weighted by atomic mass is 14.2. The lowest BCUT2D eigenvalue weighted by molar-refractivity contribution is 0.347. The summed E-state index contributed by atoms with van der Waals surface area (Å²) in [5.41, 5.74) is 0. The summed E-state index contributed by atoms with van der Waals surface area (Å²) in [4.78, 5) is 0. The SMILES string of the molecule is BC1CCC1C. The number of rotatable bonds is 0. The van der Waals surface area contributed by atoms with Crippen molar-refractivity contribution in [3.63, 3.8) is 0 Å². The third-order valence-electron chi connectivity index (χ3n) is 2.05. The van der Waals surface area contributed by atoms with Crippen molar-refractivity contribution in [2.75, 3.05) is 0 Å². The van der Waals surface area contributed by atoms with E-state index in [0.29, 0.717) is 0 Å². The first-order valence-electron chi connectivity index (χ1n) is 2.80. The number of hydrogen-bond donors (Lipinski definition) is 0. The van der Waals surface area contributed by atoms with Gasteiger partial charge in [0.25, 0.3) is 0 Å². The van der Waals surface area contributed by atoms with Crippen LogP contribution in [0.3, 0.4) is 0 Å². The summed E-state index contributed by atoms with van der Waals surface area (Å²) in [6, 6.07) is 0. The largest absolute Gasteiger partial charge is 0.105 e. The van der Waals surface area contributed by atoms with E-state index in [9.17, 15) is 0 Å². The van der Waals surface area contributed by atoms with Crippen LogP contribution in [0.4, 0.5) is 0 Å². The van der Waals surface area contributed by atoms with Gasteiger partial charge in [-0.3, -0.25) is 0 Å². The van der Waals surface area contributed by atoms with Crippen LogP contribution in [0.15, 0.2) is 0 Å². The zero-order chi connectivity index (χ0) is 4.57. The van der Waals surface area contributed by atoms with Gasteiger partial charge in [-0.05, 0) is 5.92 Å². The maximum Gasteiger partial charge on any atom is 0.105 e. The highest BCUT2D eigenvalue weighted by Gasteiger charge is 2.20. The Morgan fingerprint density at radius 3 is 2.00 bits per heavy atom. The Hall–Kier alpha value is 0.0649. The molecule has 6 heavy (non-hydrogen) atoms. The van der Waals surface area contributed by atoms with Crippen LogP contribution >= 0.6 is 0 Å². The molecule has 0 heterocycles. The Bertz CT molecular complexity index is 43.9. The lowest BCUT2D eigenvalue weighted by Gasteiger charge is -2.29. The molecule has 0 spiro atoms. The zero-order valence-corrected chi connectivity index (χ0v) is 4.57. The quantitative estimate of drug-likeness (QED) is 0.380. The zero-order valence-electron chi connectivity index (χ0n) is 4.57. The second-order valence-corrected chi connectivity index (χ2v) is 2.53. The molecule has 0 bridgehead atoms. The summed E-state index contributed by atoms with van der Waals surface area (Å²) in [7, 11) is 2.33. The van der Waals surface area contributed by atoms with Gasteiger partial charge in [0.15, 0.2) is 0 Å². The van der Waals surface area contributed by atoms with E-state index in [1.165, 1.54) is 12.8 Å². The predicted molar refractivity (Wildman–Crippen MR) is 30.7 cm³/mol. The van der Waals surface area contributed by atoms with E-state index in [1.807, 2.05) is 0 Å². The van der Waals surface area contributed by atoms with Crippen molar-refractivity contribution in [1.82, 2.24) is 0 Å². The fraction of sp³-hybridized carbons (Fsp3) is 1.00. The average Bonchev–Trinajstić information content (AvgIpc) is 1.61. The Balaban J connectivity index is 2.20. The van der Waals surface area contributed by atoms with E-state index in [4.69, 9.17) is 0 Å². The molecule has 1 saturated carbocycles. The fourth-order valence-electron chi connectivity index (χ4n) is 0.833. The Morgan fingerprint density at radius 1 is 1.50 bits per heavy atom. The first kappa shape index (κ1) is 4.23. The molecule has 1 fully saturated rings. The smallest absolute Gasteiger partial charge is 0.0672 e. The van der Waals surface area contributed by atoms with Gasteiger partial charge in [-0.25, -0.2) is 0 Å². The maximum absolute atomic E-state index is 2.33. The lowest BCUT2D eigenvalue weighted by atomic mass is 9.63. The third kappa shape index (κ3) is 0.465. The molecule has 1 aliphatic carbocycles. The minimum absolute atomic E-state index is 1.03. The molecule has 0 aromatic heterocycles. The van der Waals surface area contributed by atoms with E-state index >= 15 is 0 Å². The molecule has 1 rings (SSSR count). The van der Waals surface area contributed by atoms with Crippen molar-refractivity contribution < 1.29 is 0 Å². The molecular weight excluding hydrogens is 70.9 g/mol. The summed E-state index contributed by atoms with van der Waals surface area (Å²) in [6.07, 6.45) is 2.95. The van der Waals surface area contributed by atoms with Gasteiger partial charge < -0.3 is 0 Å². The molecule has 0 radical (unpaired) electrons. The molecule has 0 amide bonds. The van der Waals surface area contributed by atoms with Crippen LogP contribution in [-0.2, 0) is 0 Å². The molecule has 34 valence electrons. The normalized spacial score (nSPS) is 44.8. The highest BCUT2D eigenvalue weighted by molar-refractivity contribution is 6.12. The molecule has 1 heteroatoms. The van der Waals surface area contributed by atoms with E-state index in [1.54, 1.807) is 0 Å². The third-order valence-corrected chi connectivity index (χ3v) is 2.05. The Labute approximate surface area is 40.3 Å². The molecule has 0 aromatic carbocycles. The van der Waals surface area contributed by atoms with Crippen LogP contribution in [0, 0.1) is 5.92 Å². The van der Waals surface area contributed by atoms with Crippen LogP contribution in [-0.4, -0.2) is 7.85 Å². The van der Waals surface area contributed by atoms with E-state index in [2.05, 4.69) is 14.8 Å². The highest BCUT2D eigenvalue weighted by Crippen LogP contribution is 2.35. The van der Waals surface area contributed by atoms with Gasteiger partial charge in [-0.15, -0.1) is 0 Å². The average molecular weight is 82.0 g/mol. The van der Waals surface area contributed by atoms with E-state index in [0.717, 1.165) is 11.7 Å². The molecule has 0 N–H and O–H groups in total. The van der Waals surface area contributed by atoms with Crippen molar-refractivity contribution >= 4 is 7.85 Å². The maximum atomic E-state index is 2.33.